The summed E-state index contributed by atoms with van der Waals surface area (Å²) in [5, 5.41) is 3.37. The lowest BCUT2D eigenvalue weighted by Gasteiger charge is -2.37. The quantitative estimate of drug-likeness (QED) is 0.888. The second kappa shape index (κ2) is 5.48. The molecule has 0 saturated carbocycles. The number of amides is 1. The van der Waals surface area contributed by atoms with Gasteiger partial charge in [0.25, 0.3) is 0 Å². The maximum atomic E-state index is 12.7. The molecule has 0 spiro atoms. The topological polar surface area (TPSA) is 45.2 Å². The molecular weight excluding hydrogens is 226 g/mol. The second-order valence-electron chi connectivity index (χ2n) is 4.97. The maximum absolute atomic E-state index is 12.7. The van der Waals surface area contributed by atoms with Crippen molar-refractivity contribution in [2.45, 2.75) is 38.6 Å². The van der Waals surface area contributed by atoms with E-state index in [4.69, 9.17) is 0 Å². The molecule has 1 amide bonds. The van der Waals surface area contributed by atoms with Gasteiger partial charge in [-0.3, -0.25) is 9.78 Å². The molecule has 1 atom stereocenters. The highest BCUT2D eigenvalue weighted by Gasteiger charge is 2.37. The monoisotopic (exact) mass is 247 g/mol. The van der Waals surface area contributed by atoms with E-state index in [1.54, 1.807) is 12.4 Å². The summed E-state index contributed by atoms with van der Waals surface area (Å²) in [5.74, 6) is 0.163. The van der Waals surface area contributed by atoms with Crippen LogP contribution in [0.5, 0.6) is 0 Å². The summed E-state index contributed by atoms with van der Waals surface area (Å²) in [6.07, 6.45) is 6.63. The van der Waals surface area contributed by atoms with Gasteiger partial charge in [-0.1, -0.05) is 0 Å². The van der Waals surface area contributed by atoms with Crippen LogP contribution in [0.2, 0.25) is 0 Å². The Balaban J connectivity index is 2.20. The molecule has 2 heterocycles. The number of hydrogen-bond donors (Lipinski definition) is 1. The molecule has 0 aromatic carbocycles. The molecule has 1 aromatic rings. The molecule has 1 saturated heterocycles. The predicted molar refractivity (Wildman–Crippen MR) is 72.5 cm³/mol. The zero-order valence-corrected chi connectivity index (χ0v) is 11.1. The Morgan fingerprint density at radius 2 is 2.17 bits per heavy atom. The molecule has 1 aliphatic rings. The Labute approximate surface area is 108 Å². The van der Waals surface area contributed by atoms with Crippen molar-refractivity contribution in [3.63, 3.8) is 0 Å². The lowest BCUT2D eigenvalue weighted by atomic mass is 9.89. The first-order chi connectivity index (χ1) is 8.67. The van der Waals surface area contributed by atoms with Gasteiger partial charge in [-0.05, 0) is 51.8 Å². The van der Waals surface area contributed by atoms with Crippen molar-refractivity contribution in [2.24, 2.45) is 0 Å². The summed E-state index contributed by atoms with van der Waals surface area (Å²) in [6.45, 7) is 5.62. The van der Waals surface area contributed by atoms with E-state index in [-0.39, 0.29) is 5.91 Å². The van der Waals surface area contributed by atoms with Crippen molar-refractivity contribution in [3.8, 4) is 0 Å². The number of piperidine rings is 1. The van der Waals surface area contributed by atoms with Gasteiger partial charge in [0, 0.05) is 24.6 Å². The van der Waals surface area contributed by atoms with Crippen LogP contribution < -0.4 is 10.2 Å². The van der Waals surface area contributed by atoms with Crippen LogP contribution in [0.15, 0.2) is 24.5 Å². The average Bonchev–Trinajstić information content (AvgIpc) is 2.41. The molecule has 98 valence electrons. The summed E-state index contributed by atoms with van der Waals surface area (Å²) < 4.78 is 0. The molecular formula is C14H21N3O. The Morgan fingerprint density at radius 3 is 2.72 bits per heavy atom. The minimum Gasteiger partial charge on any atom is -0.311 e. The Hall–Kier alpha value is -1.42. The molecule has 1 aromatic heterocycles. The van der Waals surface area contributed by atoms with E-state index in [0.717, 1.165) is 31.5 Å². The molecule has 0 aliphatic carbocycles. The molecule has 0 radical (unpaired) electrons. The lowest BCUT2D eigenvalue weighted by molar-refractivity contribution is -0.125. The minimum atomic E-state index is -0.419. The predicted octanol–water partition coefficient (Wildman–Crippen LogP) is 1.97. The van der Waals surface area contributed by atoms with Gasteiger partial charge in [0.15, 0.2) is 0 Å². The van der Waals surface area contributed by atoms with Gasteiger partial charge >= 0.3 is 0 Å². The first-order valence-corrected chi connectivity index (χ1v) is 6.64. The van der Waals surface area contributed by atoms with Crippen molar-refractivity contribution in [2.75, 3.05) is 18.0 Å². The third kappa shape index (κ3) is 2.53. The average molecular weight is 247 g/mol. The van der Waals surface area contributed by atoms with Crippen molar-refractivity contribution in [3.05, 3.63) is 24.5 Å². The Bertz CT molecular complexity index is 399. The number of carbonyl (C=O) groups is 1. The van der Waals surface area contributed by atoms with Crippen molar-refractivity contribution in [1.29, 1.82) is 0 Å². The molecule has 4 nitrogen and oxygen atoms in total. The van der Waals surface area contributed by atoms with Crippen LogP contribution in [0.1, 0.15) is 33.1 Å². The van der Waals surface area contributed by atoms with E-state index < -0.39 is 5.54 Å². The van der Waals surface area contributed by atoms with Gasteiger partial charge in [0.2, 0.25) is 5.91 Å². The third-order valence-electron chi connectivity index (χ3n) is 3.63. The highest BCUT2D eigenvalue weighted by Crippen LogP contribution is 2.24. The number of nitrogens with one attached hydrogen (secondary N) is 1. The highest BCUT2D eigenvalue weighted by atomic mass is 16.2. The zero-order valence-electron chi connectivity index (χ0n) is 11.1. The van der Waals surface area contributed by atoms with Crippen molar-refractivity contribution < 1.29 is 4.79 Å². The SMILES string of the molecule is CCN(C(=O)C1(C)CCCCN1)c1ccncc1. The maximum Gasteiger partial charge on any atom is 0.246 e. The van der Waals surface area contributed by atoms with Gasteiger partial charge in [-0.2, -0.15) is 0 Å². The summed E-state index contributed by atoms with van der Waals surface area (Å²) >= 11 is 0. The van der Waals surface area contributed by atoms with Gasteiger partial charge < -0.3 is 10.2 Å². The molecule has 1 N–H and O–H groups in total. The standard InChI is InChI=1S/C14H21N3O/c1-3-17(12-6-10-15-11-7-12)13(18)14(2)8-4-5-9-16-14/h6-7,10-11,16H,3-5,8-9H2,1-2H3. The number of aromatic nitrogens is 1. The van der Waals surface area contributed by atoms with E-state index in [0.29, 0.717) is 6.54 Å². The number of pyridine rings is 1. The first-order valence-electron chi connectivity index (χ1n) is 6.64. The Morgan fingerprint density at radius 1 is 1.44 bits per heavy atom. The van der Waals surface area contributed by atoms with Crippen LogP contribution in [0.25, 0.3) is 0 Å². The van der Waals surface area contributed by atoms with Crippen LogP contribution in [0, 0.1) is 0 Å². The minimum absolute atomic E-state index is 0.163. The Kier molecular flexibility index (Phi) is 3.97. The molecule has 1 fully saturated rings. The molecule has 1 unspecified atom stereocenters. The van der Waals surface area contributed by atoms with Crippen LogP contribution in [0.4, 0.5) is 5.69 Å². The van der Waals surface area contributed by atoms with E-state index >= 15 is 0 Å². The van der Waals surface area contributed by atoms with Crippen LogP contribution in [0.3, 0.4) is 0 Å². The van der Waals surface area contributed by atoms with Crippen LogP contribution >= 0.6 is 0 Å². The number of hydrogen-bond acceptors (Lipinski definition) is 3. The fraction of sp³-hybridized carbons (Fsp3) is 0.571. The third-order valence-corrected chi connectivity index (χ3v) is 3.63. The fourth-order valence-electron chi connectivity index (χ4n) is 2.50. The number of rotatable bonds is 3. The number of nitrogens with zero attached hydrogens (tertiary/aromatic N) is 2. The van der Waals surface area contributed by atoms with Crippen molar-refractivity contribution >= 4 is 11.6 Å². The van der Waals surface area contributed by atoms with E-state index in [1.807, 2.05) is 30.9 Å². The summed E-state index contributed by atoms with van der Waals surface area (Å²) in [6, 6.07) is 3.77. The lowest BCUT2D eigenvalue weighted by Crippen LogP contribution is -2.58. The van der Waals surface area contributed by atoms with Gasteiger partial charge in [0.05, 0.1) is 5.54 Å². The molecule has 2 rings (SSSR count). The molecule has 18 heavy (non-hydrogen) atoms. The molecule has 0 bridgehead atoms. The largest absolute Gasteiger partial charge is 0.311 e. The number of anilines is 1. The first kappa shape index (κ1) is 13.0. The van der Waals surface area contributed by atoms with Crippen LogP contribution in [-0.2, 0) is 4.79 Å². The van der Waals surface area contributed by atoms with Gasteiger partial charge in [0.1, 0.15) is 0 Å². The van der Waals surface area contributed by atoms with E-state index in [9.17, 15) is 4.79 Å². The molecule has 4 heteroatoms. The zero-order chi connectivity index (χ0) is 13.0. The normalized spacial score (nSPS) is 23.7. The van der Waals surface area contributed by atoms with E-state index in [2.05, 4.69) is 10.3 Å². The number of carbonyl (C=O) groups excluding carboxylic acids is 1. The summed E-state index contributed by atoms with van der Waals surface area (Å²) in [7, 11) is 0. The van der Waals surface area contributed by atoms with Gasteiger partial charge in [-0.15, -0.1) is 0 Å². The second-order valence-corrected chi connectivity index (χ2v) is 4.97. The highest BCUT2D eigenvalue weighted by molar-refractivity contribution is 5.99. The fourth-order valence-corrected chi connectivity index (χ4v) is 2.50. The summed E-state index contributed by atoms with van der Waals surface area (Å²) in [5.41, 5.74) is 0.503. The number of likely N-dealkylation sites (N-methyl/N-ethyl adjacent to an activating group) is 1. The summed E-state index contributed by atoms with van der Waals surface area (Å²) in [4.78, 5) is 18.5. The van der Waals surface area contributed by atoms with Crippen LogP contribution in [-0.4, -0.2) is 29.5 Å². The van der Waals surface area contributed by atoms with Crippen molar-refractivity contribution in [1.82, 2.24) is 10.3 Å². The van der Waals surface area contributed by atoms with E-state index in [1.165, 1.54) is 0 Å². The molecule has 1 aliphatic heterocycles. The smallest absolute Gasteiger partial charge is 0.246 e. The van der Waals surface area contributed by atoms with Gasteiger partial charge in [-0.25, -0.2) is 0 Å².